The van der Waals surface area contributed by atoms with Gasteiger partial charge in [0.05, 0.1) is 12.6 Å². The van der Waals surface area contributed by atoms with Gasteiger partial charge in [0.15, 0.2) is 0 Å². The van der Waals surface area contributed by atoms with Gasteiger partial charge in [0.2, 0.25) is 5.82 Å². The van der Waals surface area contributed by atoms with Gasteiger partial charge in [-0.1, -0.05) is 11.6 Å². The fraction of sp³-hybridized carbons (Fsp3) is 0.344. The van der Waals surface area contributed by atoms with Crippen LogP contribution in [0.15, 0.2) is 48.0 Å². The number of benzene rings is 2. The predicted octanol–water partition coefficient (Wildman–Crippen LogP) is 4.94. The Hall–Kier alpha value is -4.24. The van der Waals surface area contributed by atoms with Crippen LogP contribution < -0.4 is 15.4 Å². The number of piperidine rings is 1. The summed E-state index contributed by atoms with van der Waals surface area (Å²) < 4.78 is 9.31. The molecule has 10 nitrogen and oxygen atoms in total. The zero-order valence-electron chi connectivity index (χ0n) is 24.0. The first-order chi connectivity index (χ1) is 21.4. The topological polar surface area (TPSA) is 126 Å². The minimum atomic E-state index is -0.0204. The van der Waals surface area contributed by atoms with Crippen molar-refractivity contribution in [2.75, 3.05) is 31.6 Å². The molecule has 1 amide bonds. The van der Waals surface area contributed by atoms with Crippen LogP contribution >= 0.6 is 22.9 Å². The maximum atomic E-state index is 13.8. The number of ether oxygens (including phenoxy) is 1. The van der Waals surface area contributed by atoms with Gasteiger partial charge < -0.3 is 24.8 Å². The largest absolute Gasteiger partial charge is 0.494 e. The molecule has 0 radical (unpaired) electrons. The molecule has 0 spiro atoms. The number of nitrogens with zero attached hydrogens (tertiary/aromatic N) is 7. The lowest BCUT2D eigenvalue weighted by molar-refractivity contribution is 0.0700. The van der Waals surface area contributed by atoms with Gasteiger partial charge in [-0.15, -0.1) is 11.3 Å². The van der Waals surface area contributed by atoms with Crippen LogP contribution in [0.5, 0.6) is 5.75 Å². The molecule has 8 rings (SSSR count). The molecule has 1 saturated carbocycles. The normalized spacial score (nSPS) is 21.3. The Morgan fingerprint density at radius 2 is 2.05 bits per heavy atom. The van der Waals surface area contributed by atoms with E-state index < -0.39 is 0 Å². The monoisotopic (exact) mass is 624 g/mol. The quantitative estimate of drug-likeness (QED) is 0.282. The van der Waals surface area contributed by atoms with Crippen molar-refractivity contribution in [3.63, 3.8) is 0 Å². The van der Waals surface area contributed by atoms with E-state index in [4.69, 9.17) is 27.1 Å². The Morgan fingerprint density at radius 3 is 2.80 bits per heavy atom. The third-order valence-electron chi connectivity index (χ3n) is 9.43. The standard InChI is InChI=1S/C32H29ClN8O2S/c1-43-25-9-19(32(42)40-15-18-2-4-24(40)29(18)35)8-23-30(25)41(14-17-12-39(13-17)28-6-7-36-27(11-34)38-28)31(37-23)22-16-44-26-5-3-20(33)10-21(22)26/h3,5-10,16-18,24,29H,2,4,12-15,35H2,1H3/t18?,24?,29-/m1/s1. The highest BCUT2D eigenvalue weighted by Gasteiger charge is 2.47. The number of fused-ring (bicyclic) bond motifs is 4. The summed E-state index contributed by atoms with van der Waals surface area (Å²) in [5, 5.41) is 13.0. The second-order valence-electron chi connectivity index (χ2n) is 11.9. The van der Waals surface area contributed by atoms with Gasteiger partial charge in [0.1, 0.15) is 29.0 Å². The smallest absolute Gasteiger partial charge is 0.254 e. The Morgan fingerprint density at radius 1 is 1.18 bits per heavy atom. The first-order valence-corrected chi connectivity index (χ1v) is 16.0. The number of nitriles is 1. The fourth-order valence-corrected chi connectivity index (χ4v) is 8.32. The number of likely N-dealkylation sites (tertiary alicyclic amines) is 1. The van der Waals surface area contributed by atoms with Crippen molar-refractivity contribution in [1.29, 1.82) is 5.26 Å². The maximum Gasteiger partial charge on any atom is 0.254 e. The van der Waals surface area contributed by atoms with Crippen LogP contribution in [0.2, 0.25) is 5.02 Å². The van der Waals surface area contributed by atoms with Crippen molar-refractivity contribution in [3.05, 3.63) is 64.4 Å². The average molecular weight is 625 g/mol. The molecule has 5 aromatic rings. The minimum absolute atomic E-state index is 0.0204. The molecular weight excluding hydrogens is 596 g/mol. The fourth-order valence-electron chi connectivity index (χ4n) is 7.22. The van der Waals surface area contributed by atoms with E-state index in [1.165, 1.54) is 0 Å². The summed E-state index contributed by atoms with van der Waals surface area (Å²) in [5.74, 6) is 2.98. The number of hydrogen-bond donors (Lipinski definition) is 1. The van der Waals surface area contributed by atoms with Crippen LogP contribution in [0.4, 0.5) is 5.82 Å². The number of halogens is 1. The van der Waals surface area contributed by atoms with Crippen molar-refractivity contribution in [3.8, 4) is 23.2 Å². The van der Waals surface area contributed by atoms with Crippen molar-refractivity contribution < 1.29 is 9.53 Å². The number of rotatable bonds is 6. The van der Waals surface area contributed by atoms with E-state index in [0.717, 1.165) is 58.7 Å². The second-order valence-corrected chi connectivity index (χ2v) is 13.3. The molecule has 44 heavy (non-hydrogen) atoms. The van der Waals surface area contributed by atoms with Gasteiger partial charge >= 0.3 is 0 Å². The molecule has 1 aliphatic carbocycles. The molecule has 5 heterocycles. The molecule has 2 aliphatic heterocycles. The molecule has 2 unspecified atom stereocenters. The van der Waals surface area contributed by atoms with E-state index in [1.807, 2.05) is 47.4 Å². The minimum Gasteiger partial charge on any atom is -0.494 e. The summed E-state index contributed by atoms with van der Waals surface area (Å²) in [7, 11) is 1.64. The summed E-state index contributed by atoms with van der Waals surface area (Å²) in [4.78, 5) is 31.4. The Balaban J connectivity index is 1.19. The van der Waals surface area contributed by atoms with Crippen molar-refractivity contribution >= 4 is 55.8 Å². The van der Waals surface area contributed by atoms with Gasteiger partial charge in [0.25, 0.3) is 5.91 Å². The van der Waals surface area contributed by atoms with Crippen LogP contribution in [0.3, 0.4) is 0 Å². The van der Waals surface area contributed by atoms with Crippen LogP contribution in [0.1, 0.15) is 29.0 Å². The van der Waals surface area contributed by atoms with Gasteiger partial charge in [-0.05, 0) is 55.2 Å². The number of carbonyl (C=O) groups is 1. The summed E-state index contributed by atoms with van der Waals surface area (Å²) in [6.45, 7) is 2.93. The van der Waals surface area contributed by atoms with Crippen LogP contribution in [-0.4, -0.2) is 69.2 Å². The molecule has 2 aromatic carbocycles. The number of amides is 1. The summed E-state index contributed by atoms with van der Waals surface area (Å²) >= 11 is 8.09. The lowest BCUT2D eigenvalue weighted by Gasteiger charge is -2.40. The number of nitrogens with two attached hydrogens (primary N) is 1. The van der Waals surface area contributed by atoms with E-state index in [-0.39, 0.29) is 23.8 Å². The molecule has 3 atom stereocenters. The molecule has 3 aliphatic rings. The van der Waals surface area contributed by atoms with E-state index in [9.17, 15) is 10.1 Å². The number of methoxy groups -OCH3 is 1. The number of carbonyl (C=O) groups excluding carboxylic acids is 1. The van der Waals surface area contributed by atoms with Gasteiger partial charge in [-0.3, -0.25) is 4.79 Å². The van der Waals surface area contributed by atoms with E-state index in [1.54, 1.807) is 24.6 Å². The lowest BCUT2D eigenvalue weighted by atomic mass is 9.99. The van der Waals surface area contributed by atoms with Crippen molar-refractivity contribution in [1.82, 2.24) is 24.4 Å². The van der Waals surface area contributed by atoms with Gasteiger partial charge in [-0.25, -0.2) is 15.0 Å². The number of aromatic nitrogens is 4. The summed E-state index contributed by atoms with van der Waals surface area (Å²) in [6, 6.07) is 13.6. The lowest BCUT2D eigenvalue weighted by Crippen LogP contribution is -2.49. The zero-order chi connectivity index (χ0) is 30.1. The highest BCUT2D eigenvalue weighted by atomic mass is 35.5. The SMILES string of the molecule is COc1cc(C(=O)N2CC3CCC2[C@@H]3N)cc2nc(-c3csc4ccc(Cl)cc34)n(CC3CN(c4ccnc(C#N)n4)C3)c12. The molecule has 3 aromatic heterocycles. The molecule has 222 valence electrons. The number of anilines is 1. The molecule has 12 heteroatoms. The highest BCUT2D eigenvalue weighted by Crippen LogP contribution is 2.41. The van der Waals surface area contributed by atoms with Crippen molar-refractivity contribution in [2.24, 2.45) is 17.6 Å². The summed E-state index contributed by atoms with van der Waals surface area (Å²) in [5.41, 5.74) is 9.55. The van der Waals surface area contributed by atoms with Crippen LogP contribution in [0, 0.1) is 23.2 Å². The molecule has 2 bridgehead atoms. The van der Waals surface area contributed by atoms with Crippen molar-refractivity contribution in [2.45, 2.75) is 31.5 Å². The molecule has 2 saturated heterocycles. The zero-order valence-corrected chi connectivity index (χ0v) is 25.6. The third-order valence-corrected chi connectivity index (χ3v) is 10.6. The third kappa shape index (κ3) is 4.31. The van der Waals surface area contributed by atoms with Gasteiger partial charge in [-0.2, -0.15) is 5.26 Å². The van der Waals surface area contributed by atoms with Crippen LogP contribution in [-0.2, 0) is 6.54 Å². The number of thiophene rings is 1. The molecular formula is C32H29ClN8O2S. The highest BCUT2D eigenvalue weighted by molar-refractivity contribution is 7.17. The Kier molecular flexibility index (Phi) is 6.48. The molecule has 3 fully saturated rings. The van der Waals surface area contributed by atoms with Crippen LogP contribution in [0.25, 0.3) is 32.5 Å². The summed E-state index contributed by atoms with van der Waals surface area (Å²) in [6.07, 6.45) is 3.65. The first-order valence-electron chi connectivity index (χ1n) is 14.7. The number of hydrogen-bond acceptors (Lipinski definition) is 9. The maximum absolute atomic E-state index is 13.8. The predicted molar refractivity (Wildman–Crippen MR) is 170 cm³/mol. The average Bonchev–Trinajstić information content (AvgIpc) is 3.78. The Labute approximate surface area is 262 Å². The van der Waals surface area contributed by atoms with E-state index >= 15 is 0 Å². The van der Waals surface area contributed by atoms with E-state index in [0.29, 0.717) is 46.8 Å². The first kappa shape index (κ1) is 27.3. The van der Waals surface area contributed by atoms with Gasteiger partial charge in [0, 0.05) is 82.0 Å². The van der Waals surface area contributed by atoms with E-state index in [2.05, 4.69) is 24.8 Å². The second kappa shape index (κ2) is 10.4. The number of imidazole rings is 1. The molecule has 2 N–H and O–H groups in total. The Bertz CT molecular complexity index is 1990.